The molecule has 32 heavy (non-hydrogen) atoms. The van der Waals surface area contributed by atoms with E-state index in [0.29, 0.717) is 28.3 Å². The van der Waals surface area contributed by atoms with E-state index in [1.807, 2.05) is 54.6 Å². The van der Waals surface area contributed by atoms with Gasteiger partial charge in [0.25, 0.3) is 5.91 Å². The van der Waals surface area contributed by atoms with E-state index in [2.05, 4.69) is 0 Å². The Morgan fingerprint density at radius 1 is 1.03 bits per heavy atom. The van der Waals surface area contributed by atoms with Crippen molar-refractivity contribution in [2.24, 2.45) is 0 Å². The van der Waals surface area contributed by atoms with E-state index in [9.17, 15) is 9.59 Å². The first-order chi connectivity index (χ1) is 15.6. The number of fused-ring (bicyclic) bond motifs is 2. The lowest BCUT2D eigenvalue weighted by atomic mass is 10.0. The maximum atomic E-state index is 12.9. The van der Waals surface area contributed by atoms with E-state index >= 15 is 0 Å². The van der Waals surface area contributed by atoms with Gasteiger partial charge in [-0.1, -0.05) is 60.1 Å². The molecule has 160 valence electrons. The van der Waals surface area contributed by atoms with Crippen molar-refractivity contribution in [3.8, 4) is 16.9 Å². The minimum Gasteiger partial charge on any atom is -0.482 e. The maximum Gasteiger partial charge on any atom is 0.336 e. The number of ether oxygens (including phenoxy) is 1. The fraction of sp³-hybridized carbons (Fsp3) is 0.154. The lowest BCUT2D eigenvalue weighted by Gasteiger charge is -2.29. The molecule has 0 atom stereocenters. The Bertz CT molecular complexity index is 1360. The predicted octanol–water partition coefficient (Wildman–Crippen LogP) is 5.47. The minimum atomic E-state index is -0.467. The van der Waals surface area contributed by atoms with Crippen LogP contribution in [0.1, 0.15) is 12.0 Å². The smallest absolute Gasteiger partial charge is 0.336 e. The standard InChI is InChI=1S/C26H20ClNO4/c27-21-13-20-19(17-7-2-1-3-8-17)14-26(30)32-23(20)15-24(21)31-16-25(29)28-12-6-10-18-9-4-5-11-22(18)28/h1-5,7-9,11,13-15H,6,10,12,16H2. The summed E-state index contributed by atoms with van der Waals surface area (Å²) in [6.45, 7) is 0.488. The third-order valence-electron chi connectivity index (χ3n) is 5.64. The highest BCUT2D eigenvalue weighted by molar-refractivity contribution is 6.33. The van der Waals surface area contributed by atoms with Gasteiger partial charge in [0.05, 0.1) is 5.02 Å². The number of hydrogen-bond acceptors (Lipinski definition) is 4. The van der Waals surface area contributed by atoms with Crippen LogP contribution in [0.5, 0.6) is 5.75 Å². The van der Waals surface area contributed by atoms with E-state index in [4.69, 9.17) is 20.8 Å². The van der Waals surface area contributed by atoms with Gasteiger partial charge in [-0.25, -0.2) is 4.79 Å². The molecule has 0 aliphatic carbocycles. The zero-order valence-electron chi connectivity index (χ0n) is 17.2. The molecule has 0 saturated carbocycles. The summed E-state index contributed by atoms with van der Waals surface area (Å²) < 4.78 is 11.2. The van der Waals surface area contributed by atoms with Crippen LogP contribution >= 0.6 is 11.6 Å². The number of anilines is 1. The largest absolute Gasteiger partial charge is 0.482 e. The molecule has 4 aromatic rings. The van der Waals surface area contributed by atoms with Crippen molar-refractivity contribution in [3.63, 3.8) is 0 Å². The Morgan fingerprint density at radius 2 is 1.81 bits per heavy atom. The lowest BCUT2D eigenvalue weighted by Crippen LogP contribution is -2.38. The van der Waals surface area contributed by atoms with Crippen molar-refractivity contribution in [1.82, 2.24) is 0 Å². The third-order valence-corrected chi connectivity index (χ3v) is 5.94. The van der Waals surface area contributed by atoms with E-state index < -0.39 is 5.63 Å². The second kappa shape index (κ2) is 8.52. The summed E-state index contributed by atoms with van der Waals surface area (Å²) >= 11 is 6.48. The van der Waals surface area contributed by atoms with Crippen molar-refractivity contribution in [3.05, 3.63) is 93.8 Å². The number of aryl methyl sites for hydroxylation is 1. The maximum absolute atomic E-state index is 12.9. The number of nitrogens with zero attached hydrogens (tertiary/aromatic N) is 1. The number of hydrogen-bond donors (Lipinski definition) is 0. The summed E-state index contributed by atoms with van der Waals surface area (Å²) in [6, 6.07) is 22.2. The summed E-state index contributed by atoms with van der Waals surface area (Å²) in [5.41, 5.74) is 3.58. The summed E-state index contributed by atoms with van der Waals surface area (Å²) in [4.78, 5) is 26.8. The Hall–Kier alpha value is -3.57. The van der Waals surface area contributed by atoms with Gasteiger partial charge in [0.2, 0.25) is 0 Å². The molecule has 0 unspecified atom stereocenters. The van der Waals surface area contributed by atoms with E-state index in [1.54, 1.807) is 17.0 Å². The molecule has 0 radical (unpaired) electrons. The third kappa shape index (κ3) is 3.87. The van der Waals surface area contributed by atoms with E-state index in [0.717, 1.165) is 35.2 Å². The van der Waals surface area contributed by atoms with Gasteiger partial charge < -0.3 is 14.1 Å². The van der Waals surface area contributed by atoms with Crippen molar-refractivity contribution in [2.45, 2.75) is 12.8 Å². The monoisotopic (exact) mass is 445 g/mol. The lowest BCUT2D eigenvalue weighted by molar-refractivity contribution is -0.120. The van der Waals surface area contributed by atoms with Gasteiger partial charge in [-0.2, -0.15) is 0 Å². The van der Waals surface area contributed by atoms with Crippen LogP contribution in [-0.4, -0.2) is 19.1 Å². The van der Waals surface area contributed by atoms with E-state index in [1.165, 1.54) is 6.07 Å². The highest BCUT2D eigenvalue weighted by atomic mass is 35.5. The number of halogens is 1. The average Bonchev–Trinajstić information content (AvgIpc) is 2.82. The molecule has 1 aliphatic heterocycles. The minimum absolute atomic E-state index is 0.146. The first-order valence-electron chi connectivity index (χ1n) is 10.4. The molecular formula is C26H20ClNO4. The van der Waals surface area contributed by atoms with Gasteiger partial charge in [0.1, 0.15) is 11.3 Å². The summed E-state index contributed by atoms with van der Waals surface area (Å²) in [6.07, 6.45) is 1.87. The second-order valence-corrected chi connectivity index (χ2v) is 8.10. The molecule has 0 fully saturated rings. The van der Waals surface area contributed by atoms with Crippen molar-refractivity contribution in [2.75, 3.05) is 18.1 Å². The second-order valence-electron chi connectivity index (χ2n) is 7.69. The van der Waals surface area contributed by atoms with Gasteiger partial charge in [-0.05, 0) is 41.7 Å². The molecule has 0 spiro atoms. The fourth-order valence-electron chi connectivity index (χ4n) is 4.14. The Kier molecular flexibility index (Phi) is 5.41. The first kappa shape index (κ1) is 20.3. The van der Waals surface area contributed by atoms with Crippen molar-refractivity contribution >= 4 is 34.2 Å². The van der Waals surface area contributed by atoms with Crippen LogP contribution in [-0.2, 0) is 11.2 Å². The van der Waals surface area contributed by atoms with Gasteiger partial charge in [0, 0.05) is 29.8 Å². The first-order valence-corrected chi connectivity index (χ1v) is 10.8. The van der Waals surface area contributed by atoms with Crippen LogP contribution in [0.2, 0.25) is 5.02 Å². The summed E-state index contributed by atoms with van der Waals surface area (Å²) in [7, 11) is 0. The van der Waals surface area contributed by atoms with Gasteiger partial charge in [-0.15, -0.1) is 0 Å². The van der Waals surface area contributed by atoms with Gasteiger partial charge >= 0.3 is 5.63 Å². The number of para-hydroxylation sites is 1. The molecule has 1 amide bonds. The molecule has 3 aromatic carbocycles. The van der Waals surface area contributed by atoms with Gasteiger partial charge in [0.15, 0.2) is 6.61 Å². The highest BCUT2D eigenvalue weighted by Gasteiger charge is 2.23. The molecule has 5 rings (SSSR count). The summed E-state index contributed by atoms with van der Waals surface area (Å²) in [5, 5.41) is 1.04. The number of carbonyl (C=O) groups excluding carboxylic acids is 1. The predicted molar refractivity (Wildman–Crippen MR) is 126 cm³/mol. The molecule has 2 heterocycles. The Labute approximate surface area is 189 Å². The van der Waals surface area contributed by atoms with Crippen LogP contribution < -0.4 is 15.3 Å². The van der Waals surface area contributed by atoms with Crippen molar-refractivity contribution in [1.29, 1.82) is 0 Å². The van der Waals surface area contributed by atoms with Crippen LogP contribution in [0.3, 0.4) is 0 Å². The SMILES string of the molecule is O=C(COc1cc2oc(=O)cc(-c3ccccc3)c2cc1Cl)N1CCCc2ccccc21. The highest BCUT2D eigenvalue weighted by Crippen LogP contribution is 2.35. The number of carbonyl (C=O) groups is 1. The fourth-order valence-corrected chi connectivity index (χ4v) is 4.36. The quantitative estimate of drug-likeness (QED) is 0.391. The van der Waals surface area contributed by atoms with E-state index in [-0.39, 0.29) is 12.5 Å². The number of benzene rings is 3. The molecule has 1 aliphatic rings. The summed E-state index contributed by atoms with van der Waals surface area (Å²) in [5.74, 6) is 0.152. The van der Waals surface area contributed by atoms with Crippen LogP contribution in [0.25, 0.3) is 22.1 Å². The van der Waals surface area contributed by atoms with Gasteiger partial charge in [-0.3, -0.25) is 4.79 Å². The number of rotatable bonds is 4. The molecule has 0 bridgehead atoms. The molecule has 0 N–H and O–H groups in total. The van der Waals surface area contributed by atoms with Crippen molar-refractivity contribution < 1.29 is 13.9 Å². The molecule has 0 saturated heterocycles. The normalized spacial score (nSPS) is 13.1. The Morgan fingerprint density at radius 3 is 2.66 bits per heavy atom. The van der Waals surface area contributed by atoms with Crippen LogP contribution in [0.4, 0.5) is 5.69 Å². The Balaban J connectivity index is 1.43. The zero-order chi connectivity index (χ0) is 22.1. The average molecular weight is 446 g/mol. The molecule has 1 aromatic heterocycles. The molecule has 5 nitrogen and oxygen atoms in total. The topological polar surface area (TPSA) is 59.8 Å². The van der Waals surface area contributed by atoms with Crippen LogP contribution in [0, 0.1) is 0 Å². The molecular weight excluding hydrogens is 426 g/mol. The van der Waals surface area contributed by atoms with Crippen LogP contribution in [0.15, 0.2) is 82.0 Å². The number of amides is 1. The zero-order valence-corrected chi connectivity index (χ0v) is 18.0. The molecule has 6 heteroatoms.